The van der Waals surface area contributed by atoms with Crippen LogP contribution >= 0.6 is 0 Å². The van der Waals surface area contributed by atoms with Crippen molar-refractivity contribution in [3.8, 4) is 5.75 Å². The molecule has 1 aliphatic heterocycles. The Morgan fingerprint density at radius 1 is 1.16 bits per heavy atom. The number of aliphatic hydroxyl groups excluding tert-OH is 1. The van der Waals surface area contributed by atoms with Gasteiger partial charge in [-0.3, -0.25) is 14.5 Å². The van der Waals surface area contributed by atoms with Crippen LogP contribution in [-0.4, -0.2) is 54.2 Å². The van der Waals surface area contributed by atoms with Crippen molar-refractivity contribution < 1.29 is 24.2 Å². The number of carbonyl (C=O) groups is 3. The minimum Gasteiger partial charge on any atom is -0.497 e. The Hall–Kier alpha value is -3.39. The zero-order chi connectivity index (χ0) is 22.2. The highest BCUT2D eigenvalue weighted by atomic mass is 16.5. The zero-order valence-corrected chi connectivity index (χ0v) is 17.4. The summed E-state index contributed by atoms with van der Waals surface area (Å²) in [5.74, 6) is 0.127. The molecule has 8 heteroatoms. The van der Waals surface area contributed by atoms with Crippen LogP contribution in [-0.2, 0) is 16.0 Å². The van der Waals surface area contributed by atoms with Crippen LogP contribution in [0.25, 0.3) is 0 Å². The number of hydrogen-bond acceptors (Lipinski definition) is 5. The number of aliphatic hydroxyl groups is 1. The van der Waals surface area contributed by atoms with Gasteiger partial charge in [0.15, 0.2) is 0 Å². The lowest BCUT2D eigenvalue weighted by atomic mass is 10.1. The molecule has 3 N–H and O–H groups in total. The van der Waals surface area contributed by atoms with Crippen LogP contribution in [0.5, 0.6) is 5.75 Å². The average molecular weight is 425 g/mol. The first-order chi connectivity index (χ1) is 15.0. The van der Waals surface area contributed by atoms with Gasteiger partial charge in [0.25, 0.3) is 5.91 Å². The zero-order valence-electron chi connectivity index (χ0n) is 17.4. The molecule has 0 spiro atoms. The predicted molar refractivity (Wildman–Crippen MR) is 114 cm³/mol. The molecule has 164 valence electrons. The lowest BCUT2D eigenvalue weighted by molar-refractivity contribution is -0.127. The van der Waals surface area contributed by atoms with Gasteiger partial charge in [0, 0.05) is 13.0 Å². The summed E-state index contributed by atoms with van der Waals surface area (Å²) in [6.45, 7) is 0.0360. The third-order valence-corrected chi connectivity index (χ3v) is 5.27. The van der Waals surface area contributed by atoms with Gasteiger partial charge in [-0.25, -0.2) is 4.79 Å². The van der Waals surface area contributed by atoms with Crippen LogP contribution in [0.3, 0.4) is 0 Å². The number of methoxy groups -OCH3 is 1. The van der Waals surface area contributed by atoms with E-state index in [-0.39, 0.29) is 37.8 Å². The van der Waals surface area contributed by atoms with Crippen molar-refractivity contribution in [2.45, 2.75) is 31.3 Å². The van der Waals surface area contributed by atoms with Gasteiger partial charge in [-0.2, -0.15) is 0 Å². The molecule has 1 heterocycles. The molecule has 1 saturated heterocycles. The van der Waals surface area contributed by atoms with Crippen molar-refractivity contribution in [3.63, 3.8) is 0 Å². The van der Waals surface area contributed by atoms with E-state index in [1.165, 1.54) is 4.90 Å². The van der Waals surface area contributed by atoms with Crippen LogP contribution in [0, 0.1) is 0 Å². The Kier molecular flexibility index (Phi) is 7.61. The molecule has 0 radical (unpaired) electrons. The van der Waals surface area contributed by atoms with Crippen molar-refractivity contribution in [1.29, 1.82) is 0 Å². The Labute approximate surface area is 181 Å². The van der Waals surface area contributed by atoms with E-state index in [0.29, 0.717) is 6.42 Å². The van der Waals surface area contributed by atoms with Crippen molar-refractivity contribution in [2.75, 3.05) is 20.3 Å². The standard InChI is InChI=1S/C23H27N3O5/c1-31-18-9-7-16(8-10-18)13-14-26-22(29)19(25-23(26)30)11-12-21(28)24-20(15-27)17-5-3-2-4-6-17/h2-10,19-20,27H,11-15H2,1H3,(H,24,28)(H,25,30)/t19-,20+/m1/s1. The van der Waals surface area contributed by atoms with Crippen molar-refractivity contribution in [3.05, 3.63) is 65.7 Å². The fourth-order valence-electron chi connectivity index (χ4n) is 3.48. The normalized spacial score (nSPS) is 16.7. The lowest BCUT2D eigenvalue weighted by Gasteiger charge is -2.17. The molecule has 3 rings (SSSR count). The van der Waals surface area contributed by atoms with E-state index in [0.717, 1.165) is 16.9 Å². The molecule has 0 aromatic heterocycles. The van der Waals surface area contributed by atoms with E-state index in [1.807, 2.05) is 54.6 Å². The van der Waals surface area contributed by atoms with E-state index in [4.69, 9.17) is 4.74 Å². The highest BCUT2D eigenvalue weighted by Gasteiger charge is 2.37. The number of hydrogen-bond donors (Lipinski definition) is 3. The first-order valence-electron chi connectivity index (χ1n) is 10.2. The molecule has 1 fully saturated rings. The summed E-state index contributed by atoms with van der Waals surface area (Å²) in [6.07, 6.45) is 0.792. The van der Waals surface area contributed by atoms with Crippen molar-refractivity contribution in [2.24, 2.45) is 0 Å². The highest BCUT2D eigenvalue weighted by Crippen LogP contribution is 2.16. The Balaban J connectivity index is 1.48. The first-order valence-corrected chi connectivity index (χ1v) is 10.2. The number of nitrogens with one attached hydrogen (secondary N) is 2. The summed E-state index contributed by atoms with van der Waals surface area (Å²) in [4.78, 5) is 38.3. The molecule has 0 aliphatic carbocycles. The maximum absolute atomic E-state index is 12.6. The summed E-state index contributed by atoms with van der Waals surface area (Å²) < 4.78 is 5.12. The molecule has 2 aromatic carbocycles. The number of benzene rings is 2. The summed E-state index contributed by atoms with van der Waals surface area (Å²) in [5, 5.41) is 15.0. The number of carbonyl (C=O) groups excluding carboxylic acids is 3. The van der Waals surface area contributed by atoms with Gasteiger partial charge in [0.05, 0.1) is 19.8 Å². The molecule has 0 saturated carbocycles. The molecule has 2 aromatic rings. The number of rotatable bonds is 10. The third-order valence-electron chi connectivity index (χ3n) is 5.27. The predicted octanol–water partition coefficient (Wildman–Crippen LogP) is 1.79. The van der Waals surface area contributed by atoms with Crippen molar-refractivity contribution >= 4 is 17.8 Å². The number of ether oxygens (including phenoxy) is 1. The molecular formula is C23H27N3O5. The van der Waals surface area contributed by atoms with Crippen molar-refractivity contribution in [1.82, 2.24) is 15.5 Å². The van der Waals surface area contributed by atoms with Crippen LogP contribution < -0.4 is 15.4 Å². The Morgan fingerprint density at radius 2 is 1.87 bits per heavy atom. The second-order valence-corrected chi connectivity index (χ2v) is 7.34. The van der Waals surface area contributed by atoms with E-state index in [2.05, 4.69) is 10.6 Å². The smallest absolute Gasteiger partial charge is 0.324 e. The maximum Gasteiger partial charge on any atom is 0.324 e. The fourth-order valence-corrected chi connectivity index (χ4v) is 3.48. The van der Waals surface area contributed by atoms with Crippen LogP contribution in [0.1, 0.15) is 30.0 Å². The number of nitrogens with zero attached hydrogens (tertiary/aromatic N) is 1. The molecule has 0 unspecified atom stereocenters. The van der Waals surface area contributed by atoms with Gasteiger partial charge in [-0.05, 0) is 36.1 Å². The summed E-state index contributed by atoms with van der Waals surface area (Å²) >= 11 is 0. The topological polar surface area (TPSA) is 108 Å². The second kappa shape index (κ2) is 10.6. The van der Waals surface area contributed by atoms with E-state index < -0.39 is 18.1 Å². The third kappa shape index (κ3) is 5.82. The van der Waals surface area contributed by atoms with E-state index in [1.54, 1.807) is 7.11 Å². The Bertz CT molecular complexity index is 901. The van der Waals surface area contributed by atoms with Crippen LogP contribution in [0.2, 0.25) is 0 Å². The van der Waals surface area contributed by atoms with Gasteiger partial charge in [0.2, 0.25) is 5.91 Å². The molecule has 8 nitrogen and oxygen atoms in total. The molecule has 0 bridgehead atoms. The monoisotopic (exact) mass is 425 g/mol. The number of amides is 4. The Morgan fingerprint density at radius 3 is 2.52 bits per heavy atom. The van der Waals surface area contributed by atoms with Crippen LogP contribution in [0.15, 0.2) is 54.6 Å². The van der Waals surface area contributed by atoms with Gasteiger partial charge >= 0.3 is 6.03 Å². The minimum atomic E-state index is -0.724. The lowest BCUT2D eigenvalue weighted by Crippen LogP contribution is -2.35. The number of imide groups is 1. The first kappa shape index (κ1) is 22.3. The summed E-state index contributed by atoms with van der Waals surface area (Å²) in [5.41, 5.74) is 1.79. The van der Waals surface area contributed by atoms with E-state index in [9.17, 15) is 19.5 Å². The number of urea groups is 1. The van der Waals surface area contributed by atoms with Gasteiger partial charge in [0.1, 0.15) is 11.8 Å². The largest absolute Gasteiger partial charge is 0.497 e. The summed E-state index contributed by atoms with van der Waals surface area (Å²) in [7, 11) is 1.59. The molecule has 4 amide bonds. The molecular weight excluding hydrogens is 398 g/mol. The highest BCUT2D eigenvalue weighted by molar-refractivity contribution is 6.04. The van der Waals surface area contributed by atoms with E-state index >= 15 is 0 Å². The molecule has 2 atom stereocenters. The van der Waals surface area contributed by atoms with Gasteiger partial charge in [-0.1, -0.05) is 42.5 Å². The summed E-state index contributed by atoms with van der Waals surface area (Å²) in [6, 6.07) is 14.9. The molecule has 31 heavy (non-hydrogen) atoms. The molecule has 1 aliphatic rings. The fraction of sp³-hybridized carbons (Fsp3) is 0.348. The van der Waals surface area contributed by atoms with Gasteiger partial charge < -0.3 is 20.5 Å². The minimum absolute atomic E-state index is 0.0618. The maximum atomic E-state index is 12.6. The van der Waals surface area contributed by atoms with Crippen LogP contribution in [0.4, 0.5) is 4.79 Å². The van der Waals surface area contributed by atoms with Gasteiger partial charge in [-0.15, -0.1) is 0 Å². The average Bonchev–Trinajstić information content (AvgIpc) is 3.08. The SMILES string of the molecule is COc1ccc(CCN2C(=O)N[C@H](CCC(=O)N[C@@H](CO)c3ccccc3)C2=O)cc1. The second-order valence-electron chi connectivity index (χ2n) is 7.34. The quantitative estimate of drug-likeness (QED) is 0.503.